The molecular weight excluding hydrogens is 522 g/mol. The SMILES string of the molecule is CC(C)(C)OC(=O)N1CCC[C@H]1c1ncc(-c2ccc(C3OC(C)(C)C(C)(C)O3)cc2)n1COCC[Si](C)(C)C. The Morgan fingerprint density at radius 2 is 1.70 bits per heavy atom. The van der Waals surface area contributed by atoms with Gasteiger partial charge in [-0.3, -0.25) is 4.90 Å². The van der Waals surface area contributed by atoms with E-state index in [0.717, 1.165) is 41.5 Å². The van der Waals surface area contributed by atoms with Gasteiger partial charge in [-0.2, -0.15) is 0 Å². The fourth-order valence-corrected chi connectivity index (χ4v) is 5.68. The van der Waals surface area contributed by atoms with Crippen LogP contribution < -0.4 is 0 Å². The number of carbonyl (C=O) groups is 1. The lowest BCUT2D eigenvalue weighted by Gasteiger charge is -2.30. The second-order valence-corrected chi connectivity index (χ2v) is 19.9. The Labute approximate surface area is 241 Å². The highest BCUT2D eigenvalue weighted by molar-refractivity contribution is 6.76. The quantitative estimate of drug-likeness (QED) is 0.241. The van der Waals surface area contributed by atoms with E-state index in [9.17, 15) is 4.79 Å². The molecule has 0 N–H and O–H groups in total. The molecular formula is C31H49N3O5Si. The van der Waals surface area contributed by atoms with Crippen molar-refractivity contribution in [3.8, 4) is 11.3 Å². The van der Waals surface area contributed by atoms with Gasteiger partial charge in [-0.25, -0.2) is 9.78 Å². The summed E-state index contributed by atoms with van der Waals surface area (Å²) >= 11 is 0. The summed E-state index contributed by atoms with van der Waals surface area (Å²) in [6.45, 7) is 22.7. The van der Waals surface area contributed by atoms with Gasteiger partial charge in [0.05, 0.1) is 29.1 Å². The highest BCUT2D eigenvalue weighted by Gasteiger charge is 2.49. The van der Waals surface area contributed by atoms with Gasteiger partial charge in [-0.05, 0) is 72.9 Å². The first-order chi connectivity index (χ1) is 18.5. The molecule has 0 saturated carbocycles. The third-order valence-electron chi connectivity index (χ3n) is 8.01. The topological polar surface area (TPSA) is 75.0 Å². The minimum absolute atomic E-state index is 0.159. The lowest BCUT2D eigenvalue weighted by molar-refractivity contribution is -0.0895. The van der Waals surface area contributed by atoms with E-state index in [-0.39, 0.29) is 12.1 Å². The van der Waals surface area contributed by atoms with Gasteiger partial charge in [0.1, 0.15) is 18.2 Å². The van der Waals surface area contributed by atoms with E-state index in [4.69, 9.17) is 23.9 Å². The molecule has 2 aliphatic rings. The molecule has 1 atom stereocenters. The Morgan fingerprint density at radius 3 is 2.27 bits per heavy atom. The fourth-order valence-electron chi connectivity index (χ4n) is 4.92. The molecule has 2 aliphatic heterocycles. The van der Waals surface area contributed by atoms with Crippen LogP contribution in [0, 0.1) is 0 Å². The molecule has 0 radical (unpaired) electrons. The van der Waals surface area contributed by atoms with Crippen molar-refractivity contribution < 1.29 is 23.7 Å². The Kier molecular flexibility index (Phi) is 8.63. The van der Waals surface area contributed by atoms with Gasteiger partial charge in [-0.1, -0.05) is 43.9 Å². The Morgan fingerprint density at radius 1 is 1.07 bits per heavy atom. The maximum atomic E-state index is 13.1. The number of aromatic nitrogens is 2. The molecule has 0 spiro atoms. The maximum Gasteiger partial charge on any atom is 0.410 e. The zero-order chi connectivity index (χ0) is 29.5. The summed E-state index contributed by atoms with van der Waals surface area (Å²) < 4.78 is 26.6. The maximum absolute atomic E-state index is 13.1. The highest BCUT2D eigenvalue weighted by atomic mass is 28.3. The van der Waals surface area contributed by atoms with Gasteiger partial charge in [-0.15, -0.1) is 0 Å². The molecule has 2 aromatic rings. The summed E-state index contributed by atoms with van der Waals surface area (Å²) in [7, 11) is -1.23. The molecule has 9 heteroatoms. The number of hydrogen-bond donors (Lipinski definition) is 0. The first-order valence-electron chi connectivity index (χ1n) is 14.6. The zero-order valence-corrected chi connectivity index (χ0v) is 27.2. The van der Waals surface area contributed by atoms with Gasteiger partial charge < -0.3 is 23.5 Å². The number of amides is 1. The lowest BCUT2D eigenvalue weighted by Crippen LogP contribution is -2.41. The summed E-state index contributed by atoms with van der Waals surface area (Å²) in [5.74, 6) is 0.835. The summed E-state index contributed by atoms with van der Waals surface area (Å²) in [4.78, 5) is 19.8. The van der Waals surface area contributed by atoms with Crippen LogP contribution in [0.15, 0.2) is 30.5 Å². The third kappa shape index (κ3) is 6.98. The van der Waals surface area contributed by atoms with E-state index in [2.05, 4.69) is 76.2 Å². The highest BCUT2D eigenvalue weighted by Crippen LogP contribution is 2.45. The van der Waals surface area contributed by atoms with E-state index < -0.39 is 31.2 Å². The molecule has 1 aromatic heterocycles. The van der Waals surface area contributed by atoms with Crippen molar-refractivity contribution in [1.29, 1.82) is 0 Å². The average Bonchev–Trinajstić information content (AvgIpc) is 3.51. The number of ether oxygens (including phenoxy) is 4. The molecule has 40 heavy (non-hydrogen) atoms. The predicted octanol–water partition coefficient (Wildman–Crippen LogP) is 7.54. The van der Waals surface area contributed by atoms with Crippen molar-refractivity contribution >= 4 is 14.2 Å². The van der Waals surface area contributed by atoms with E-state index in [1.807, 2.05) is 31.9 Å². The fraction of sp³-hybridized carbons (Fsp3) is 0.677. The summed E-state index contributed by atoms with van der Waals surface area (Å²) in [6.07, 6.45) is 2.94. The van der Waals surface area contributed by atoms with Crippen molar-refractivity contribution in [2.24, 2.45) is 0 Å². The number of carbonyl (C=O) groups excluding carboxylic acids is 1. The largest absolute Gasteiger partial charge is 0.444 e. The van der Waals surface area contributed by atoms with Crippen LogP contribution in [0.25, 0.3) is 11.3 Å². The minimum Gasteiger partial charge on any atom is -0.444 e. The van der Waals surface area contributed by atoms with Crippen LogP contribution in [-0.2, 0) is 25.7 Å². The van der Waals surface area contributed by atoms with Crippen LogP contribution >= 0.6 is 0 Å². The smallest absolute Gasteiger partial charge is 0.410 e. The van der Waals surface area contributed by atoms with E-state index >= 15 is 0 Å². The molecule has 0 bridgehead atoms. The van der Waals surface area contributed by atoms with Crippen molar-refractivity contribution in [3.63, 3.8) is 0 Å². The second kappa shape index (κ2) is 11.2. The summed E-state index contributed by atoms with van der Waals surface area (Å²) in [5, 5.41) is 0. The number of nitrogens with zero attached hydrogens (tertiary/aromatic N) is 3. The van der Waals surface area contributed by atoms with Crippen LogP contribution in [0.1, 0.15) is 85.0 Å². The summed E-state index contributed by atoms with van der Waals surface area (Å²) in [6, 6.07) is 9.21. The molecule has 1 amide bonds. The van der Waals surface area contributed by atoms with Crippen LogP contribution in [0.5, 0.6) is 0 Å². The molecule has 0 unspecified atom stereocenters. The van der Waals surface area contributed by atoms with Crippen LogP contribution in [0.2, 0.25) is 25.7 Å². The third-order valence-corrected chi connectivity index (χ3v) is 9.72. The lowest BCUT2D eigenvalue weighted by atomic mass is 9.90. The molecule has 3 heterocycles. The minimum atomic E-state index is -1.23. The molecule has 2 fully saturated rings. The molecule has 2 saturated heterocycles. The van der Waals surface area contributed by atoms with Gasteiger partial charge in [0.25, 0.3) is 0 Å². The number of rotatable bonds is 8. The van der Waals surface area contributed by atoms with E-state index in [1.165, 1.54) is 0 Å². The zero-order valence-electron chi connectivity index (χ0n) is 26.2. The monoisotopic (exact) mass is 571 g/mol. The Hall–Kier alpha value is -2.20. The number of likely N-dealkylation sites (tertiary alicyclic amines) is 1. The molecule has 1 aromatic carbocycles. The first kappa shape index (κ1) is 30.7. The van der Waals surface area contributed by atoms with Crippen molar-refractivity contribution in [2.45, 2.75) is 123 Å². The van der Waals surface area contributed by atoms with E-state index in [0.29, 0.717) is 19.9 Å². The van der Waals surface area contributed by atoms with Gasteiger partial charge >= 0.3 is 6.09 Å². The van der Waals surface area contributed by atoms with Gasteiger partial charge in [0.2, 0.25) is 0 Å². The summed E-state index contributed by atoms with van der Waals surface area (Å²) in [5.41, 5.74) is 1.63. The Bertz CT molecular complexity index is 1160. The van der Waals surface area contributed by atoms with Gasteiger partial charge in [0.15, 0.2) is 6.29 Å². The van der Waals surface area contributed by atoms with Gasteiger partial charge in [0, 0.05) is 26.8 Å². The first-order valence-corrected chi connectivity index (χ1v) is 18.3. The van der Waals surface area contributed by atoms with Crippen LogP contribution in [0.3, 0.4) is 0 Å². The predicted molar refractivity (Wildman–Crippen MR) is 160 cm³/mol. The van der Waals surface area contributed by atoms with E-state index in [1.54, 1.807) is 0 Å². The Balaban J connectivity index is 1.61. The van der Waals surface area contributed by atoms with Crippen molar-refractivity contribution in [2.75, 3.05) is 13.2 Å². The van der Waals surface area contributed by atoms with Crippen molar-refractivity contribution in [1.82, 2.24) is 14.5 Å². The number of imidazole rings is 1. The van der Waals surface area contributed by atoms with Crippen molar-refractivity contribution in [3.05, 3.63) is 41.9 Å². The van der Waals surface area contributed by atoms with Crippen LogP contribution in [0.4, 0.5) is 4.79 Å². The normalized spacial score (nSPS) is 21.2. The van der Waals surface area contributed by atoms with Crippen LogP contribution in [-0.4, -0.2) is 58.6 Å². The molecule has 8 nitrogen and oxygen atoms in total. The standard InChI is InChI=1S/C31H49N3O5Si/c1-29(2,3)39-28(35)33-17-11-12-24(33)26-32-20-25(34(26)21-36-18-19-40(8,9)10)22-13-15-23(16-14-22)27-37-30(4,5)31(6,7)38-27/h13-16,20,24,27H,11-12,17-19,21H2,1-10H3/t24-/m0/s1. The molecule has 4 rings (SSSR count). The number of hydrogen-bond acceptors (Lipinski definition) is 6. The average molecular weight is 572 g/mol. The number of benzene rings is 1. The molecule has 222 valence electrons. The second-order valence-electron chi connectivity index (χ2n) is 14.3. The molecule has 0 aliphatic carbocycles.